The van der Waals surface area contributed by atoms with Gasteiger partial charge in [-0.05, 0) is 36.7 Å². The monoisotopic (exact) mass is 334 g/mol. The number of ether oxygens (including phenoxy) is 1. The minimum Gasteiger partial charge on any atom is -0.382 e. The van der Waals surface area contributed by atoms with E-state index < -0.39 is 5.60 Å². The van der Waals surface area contributed by atoms with Crippen LogP contribution in [0.3, 0.4) is 0 Å². The lowest BCUT2D eigenvalue weighted by Gasteiger charge is -2.53. The molecule has 3 rings (SSSR count). The molecule has 0 unspecified atom stereocenters. The Morgan fingerprint density at radius 1 is 1.26 bits per heavy atom. The maximum absolute atomic E-state index is 11.5. The van der Waals surface area contributed by atoms with Gasteiger partial charge in [0.05, 0.1) is 6.10 Å². The molecule has 128 valence electrons. The van der Waals surface area contributed by atoms with E-state index in [9.17, 15) is 5.11 Å². The molecule has 23 heavy (non-hydrogen) atoms. The highest BCUT2D eigenvalue weighted by molar-refractivity contribution is 8.01. The van der Waals surface area contributed by atoms with Gasteiger partial charge in [-0.25, -0.2) is 0 Å². The number of aliphatic hydroxyl groups is 1. The van der Waals surface area contributed by atoms with Crippen LogP contribution in [-0.2, 0) is 10.3 Å². The molecule has 0 bridgehead atoms. The Balaban J connectivity index is 1.90. The third-order valence-electron chi connectivity index (χ3n) is 5.86. The molecule has 1 aromatic rings. The Morgan fingerprint density at radius 2 is 1.96 bits per heavy atom. The summed E-state index contributed by atoms with van der Waals surface area (Å²) in [6, 6.07) is 10.0. The molecule has 1 aromatic carbocycles. The fourth-order valence-electron chi connectivity index (χ4n) is 4.27. The highest BCUT2D eigenvalue weighted by Gasteiger charge is 2.52. The van der Waals surface area contributed by atoms with E-state index in [-0.39, 0.29) is 16.3 Å². The van der Waals surface area contributed by atoms with Crippen molar-refractivity contribution in [2.75, 3.05) is 0 Å². The van der Waals surface area contributed by atoms with E-state index in [1.807, 2.05) is 42.1 Å². The molecule has 1 N–H and O–H groups in total. The molecular formula is C20H30O2S. The molecule has 0 spiro atoms. The molecule has 0 aromatic heterocycles. The molecule has 0 amide bonds. The van der Waals surface area contributed by atoms with Gasteiger partial charge in [0.15, 0.2) is 0 Å². The van der Waals surface area contributed by atoms with Gasteiger partial charge in [0.2, 0.25) is 0 Å². The van der Waals surface area contributed by atoms with Crippen LogP contribution >= 0.6 is 11.8 Å². The van der Waals surface area contributed by atoms with Gasteiger partial charge < -0.3 is 9.84 Å². The van der Waals surface area contributed by atoms with Crippen molar-refractivity contribution in [2.45, 2.75) is 75.3 Å². The van der Waals surface area contributed by atoms with Crippen LogP contribution in [0.25, 0.3) is 0 Å². The molecule has 2 aliphatic rings. The second-order valence-corrected chi connectivity index (χ2v) is 9.61. The van der Waals surface area contributed by atoms with Gasteiger partial charge in [-0.2, -0.15) is 0 Å². The van der Waals surface area contributed by atoms with E-state index in [1.165, 1.54) is 12.8 Å². The van der Waals surface area contributed by atoms with Gasteiger partial charge in [0.25, 0.3) is 0 Å². The second kappa shape index (κ2) is 6.42. The first kappa shape index (κ1) is 17.3. The molecule has 1 aliphatic carbocycles. The smallest absolute Gasteiger partial charge is 0.137 e. The molecule has 1 saturated carbocycles. The lowest BCUT2D eigenvalue weighted by atomic mass is 9.74. The Kier molecular flexibility index (Phi) is 4.83. The first-order valence-corrected chi connectivity index (χ1v) is 9.86. The van der Waals surface area contributed by atoms with E-state index in [2.05, 4.69) is 27.7 Å². The van der Waals surface area contributed by atoms with Gasteiger partial charge in [0, 0.05) is 4.75 Å². The first-order valence-electron chi connectivity index (χ1n) is 8.98. The summed E-state index contributed by atoms with van der Waals surface area (Å²) in [6.07, 6.45) is 4.61. The molecule has 2 nitrogen and oxygen atoms in total. The Hall–Kier alpha value is -0.510. The minimum absolute atomic E-state index is 0.144. The fraction of sp³-hybridized carbons (Fsp3) is 0.700. The predicted molar refractivity (Wildman–Crippen MR) is 97.5 cm³/mol. The highest BCUT2D eigenvalue weighted by Crippen LogP contribution is 2.54. The van der Waals surface area contributed by atoms with Gasteiger partial charge in [-0.1, -0.05) is 64.4 Å². The highest BCUT2D eigenvalue weighted by atomic mass is 32.2. The molecule has 1 aliphatic heterocycles. The average molecular weight is 335 g/mol. The van der Waals surface area contributed by atoms with Crippen LogP contribution in [-0.4, -0.2) is 21.4 Å². The number of hydrogen-bond acceptors (Lipinski definition) is 3. The van der Waals surface area contributed by atoms with Crippen molar-refractivity contribution in [1.82, 2.24) is 0 Å². The summed E-state index contributed by atoms with van der Waals surface area (Å²) < 4.78 is 6.66. The number of thioether (sulfide) groups is 1. The van der Waals surface area contributed by atoms with E-state index in [0.29, 0.717) is 12.3 Å². The van der Waals surface area contributed by atoms with Crippen molar-refractivity contribution in [2.24, 2.45) is 11.8 Å². The van der Waals surface area contributed by atoms with Crippen molar-refractivity contribution >= 4 is 11.8 Å². The number of hydrogen-bond donors (Lipinski definition) is 1. The Morgan fingerprint density at radius 3 is 2.61 bits per heavy atom. The normalized spacial score (nSPS) is 36.0. The SMILES string of the molecule is CC[C@@](O)(c1ccccc1)[C@@H]1O[C@@H]2C[C@H](C)CC[C@H]2C(C)(C)S1. The van der Waals surface area contributed by atoms with Crippen molar-refractivity contribution in [3.8, 4) is 0 Å². The minimum atomic E-state index is -0.922. The maximum Gasteiger partial charge on any atom is 0.137 e. The predicted octanol–water partition coefficient (Wildman–Crippen LogP) is 4.96. The maximum atomic E-state index is 11.5. The van der Waals surface area contributed by atoms with E-state index in [4.69, 9.17) is 4.74 Å². The van der Waals surface area contributed by atoms with Crippen LogP contribution in [0, 0.1) is 11.8 Å². The molecule has 2 fully saturated rings. The topological polar surface area (TPSA) is 29.5 Å². The lowest BCUT2D eigenvalue weighted by Crippen LogP contribution is -2.54. The van der Waals surface area contributed by atoms with Gasteiger partial charge in [-0.15, -0.1) is 11.8 Å². The van der Waals surface area contributed by atoms with Crippen LogP contribution in [0.4, 0.5) is 0 Å². The van der Waals surface area contributed by atoms with Gasteiger partial charge in [0.1, 0.15) is 11.0 Å². The summed E-state index contributed by atoms with van der Waals surface area (Å²) in [7, 11) is 0. The van der Waals surface area contributed by atoms with Crippen molar-refractivity contribution in [1.29, 1.82) is 0 Å². The zero-order valence-electron chi connectivity index (χ0n) is 14.8. The number of fused-ring (bicyclic) bond motifs is 1. The largest absolute Gasteiger partial charge is 0.382 e. The third kappa shape index (κ3) is 3.20. The fourth-order valence-corrected chi connectivity index (χ4v) is 5.96. The molecular weight excluding hydrogens is 304 g/mol. The molecule has 1 heterocycles. The summed E-state index contributed by atoms with van der Waals surface area (Å²) in [5, 5.41) is 11.5. The van der Waals surface area contributed by atoms with Gasteiger partial charge in [-0.3, -0.25) is 0 Å². The van der Waals surface area contributed by atoms with Gasteiger partial charge >= 0.3 is 0 Å². The zero-order valence-corrected chi connectivity index (χ0v) is 15.6. The summed E-state index contributed by atoms with van der Waals surface area (Å²) in [4.78, 5) is 0. The summed E-state index contributed by atoms with van der Waals surface area (Å²) in [6.45, 7) is 9.05. The average Bonchev–Trinajstić information content (AvgIpc) is 2.53. The van der Waals surface area contributed by atoms with Crippen LogP contribution < -0.4 is 0 Å². The summed E-state index contributed by atoms with van der Waals surface area (Å²) in [5.41, 5.74) is -0.149. The van der Waals surface area contributed by atoms with E-state index >= 15 is 0 Å². The molecule has 0 radical (unpaired) electrons. The standard InChI is InChI=1S/C20H30O2S/c1-5-20(21,15-9-7-6-8-10-15)18-22-17-13-14(2)11-12-16(17)19(3,4)23-18/h6-10,14,16-18,21H,5,11-13H2,1-4H3/t14-,16-,17-,18-,20-/m1/s1. The van der Waals surface area contributed by atoms with Crippen LogP contribution in [0.5, 0.6) is 0 Å². The number of benzene rings is 1. The van der Waals surface area contributed by atoms with Crippen LogP contribution in [0.1, 0.15) is 58.9 Å². The molecule has 5 atom stereocenters. The van der Waals surface area contributed by atoms with Crippen LogP contribution in [0.15, 0.2) is 30.3 Å². The second-order valence-electron chi connectivity index (χ2n) is 7.90. The number of rotatable bonds is 3. The first-order chi connectivity index (χ1) is 10.9. The molecule has 1 saturated heterocycles. The Labute approximate surface area is 145 Å². The zero-order chi connectivity index (χ0) is 16.7. The lowest BCUT2D eigenvalue weighted by molar-refractivity contribution is -0.138. The third-order valence-corrected chi connectivity index (χ3v) is 7.48. The van der Waals surface area contributed by atoms with Crippen molar-refractivity contribution in [3.05, 3.63) is 35.9 Å². The van der Waals surface area contributed by atoms with E-state index in [0.717, 1.165) is 17.9 Å². The van der Waals surface area contributed by atoms with Crippen molar-refractivity contribution < 1.29 is 9.84 Å². The van der Waals surface area contributed by atoms with E-state index in [1.54, 1.807) is 0 Å². The quantitative estimate of drug-likeness (QED) is 0.847. The van der Waals surface area contributed by atoms with Crippen LogP contribution in [0.2, 0.25) is 0 Å². The van der Waals surface area contributed by atoms with Crippen molar-refractivity contribution in [3.63, 3.8) is 0 Å². The molecule has 3 heteroatoms. The summed E-state index contributed by atoms with van der Waals surface area (Å²) >= 11 is 1.83. The Bertz CT molecular complexity index is 530. The summed E-state index contributed by atoms with van der Waals surface area (Å²) in [5.74, 6) is 1.32.